The molecule has 0 saturated carbocycles. The van der Waals surface area contributed by atoms with Crippen LogP contribution < -0.4 is 9.64 Å². The van der Waals surface area contributed by atoms with Gasteiger partial charge in [0.05, 0.1) is 24.9 Å². The summed E-state index contributed by atoms with van der Waals surface area (Å²) in [5, 5.41) is 2.65. The molecule has 0 spiro atoms. The summed E-state index contributed by atoms with van der Waals surface area (Å²) in [7, 11) is 1.44. The standard InChI is InChI=1S/C33H35NO3/c1-22(27-16-10-13-25-12-5-6-15-28(25)27)11-9-14-26-21-34(30-17-7-8-18-31(30)37-26)29-20-19-23(2)32(24(29)3)33(35)36-4/h5-8,10,12-13,15-20,22,26H,9,11,14,21H2,1-4H3/t22-,26?/m0/s1. The average Bonchev–Trinajstić information content (AvgIpc) is 2.92. The Morgan fingerprint density at radius 2 is 1.73 bits per heavy atom. The highest BCUT2D eigenvalue weighted by Gasteiger charge is 2.29. The van der Waals surface area contributed by atoms with Gasteiger partial charge in [0.15, 0.2) is 0 Å². The minimum Gasteiger partial charge on any atom is -0.486 e. The normalized spacial score (nSPS) is 15.7. The first-order valence-electron chi connectivity index (χ1n) is 13.2. The second-order valence-corrected chi connectivity index (χ2v) is 10.1. The molecule has 0 bridgehead atoms. The van der Waals surface area contributed by atoms with Crippen LogP contribution in [0.2, 0.25) is 0 Å². The van der Waals surface area contributed by atoms with Crippen LogP contribution in [0.5, 0.6) is 5.75 Å². The Morgan fingerprint density at radius 3 is 2.57 bits per heavy atom. The fourth-order valence-electron chi connectivity index (χ4n) is 5.71. The lowest BCUT2D eigenvalue weighted by molar-refractivity contribution is 0.0599. The average molecular weight is 494 g/mol. The van der Waals surface area contributed by atoms with Gasteiger partial charge in [-0.15, -0.1) is 0 Å². The zero-order chi connectivity index (χ0) is 25.9. The van der Waals surface area contributed by atoms with Crippen LogP contribution in [0.4, 0.5) is 11.4 Å². The van der Waals surface area contributed by atoms with Crippen LogP contribution in [0.25, 0.3) is 10.8 Å². The molecule has 1 unspecified atom stereocenters. The van der Waals surface area contributed by atoms with E-state index in [1.54, 1.807) is 0 Å². The van der Waals surface area contributed by atoms with E-state index in [0.29, 0.717) is 11.5 Å². The summed E-state index contributed by atoms with van der Waals surface area (Å²) in [6, 6.07) is 27.6. The van der Waals surface area contributed by atoms with E-state index in [4.69, 9.17) is 9.47 Å². The summed E-state index contributed by atoms with van der Waals surface area (Å²) in [6.07, 6.45) is 3.21. The minimum atomic E-state index is -0.294. The summed E-state index contributed by atoms with van der Waals surface area (Å²) in [4.78, 5) is 14.8. The number of carbonyl (C=O) groups excluding carboxylic acids is 1. The van der Waals surface area contributed by atoms with Crippen molar-refractivity contribution >= 4 is 28.1 Å². The molecule has 0 aliphatic carbocycles. The van der Waals surface area contributed by atoms with Crippen LogP contribution in [-0.2, 0) is 4.74 Å². The molecule has 0 aromatic heterocycles. The maximum Gasteiger partial charge on any atom is 0.338 e. The number of para-hydroxylation sites is 2. The molecule has 4 nitrogen and oxygen atoms in total. The second kappa shape index (κ2) is 10.7. The molecule has 37 heavy (non-hydrogen) atoms. The number of rotatable bonds is 7. The monoisotopic (exact) mass is 493 g/mol. The first-order chi connectivity index (χ1) is 18.0. The van der Waals surface area contributed by atoms with Crippen molar-refractivity contribution < 1.29 is 14.3 Å². The van der Waals surface area contributed by atoms with Crippen LogP contribution >= 0.6 is 0 Å². The van der Waals surface area contributed by atoms with Crippen LogP contribution in [0.1, 0.15) is 59.2 Å². The van der Waals surface area contributed by atoms with Crippen molar-refractivity contribution in [1.29, 1.82) is 0 Å². The number of aryl methyl sites for hydroxylation is 1. The van der Waals surface area contributed by atoms with Crippen molar-refractivity contribution in [2.75, 3.05) is 18.6 Å². The summed E-state index contributed by atoms with van der Waals surface area (Å²) in [5.74, 6) is 1.07. The van der Waals surface area contributed by atoms with Crippen molar-refractivity contribution in [3.63, 3.8) is 0 Å². The quantitative estimate of drug-likeness (QED) is 0.244. The van der Waals surface area contributed by atoms with Crippen molar-refractivity contribution in [2.45, 2.75) is 52.1 Å². The number of carbonyl (C=O) groups is 1. The lowest BCUT2D eigenvalue weighted by Crippen LogP contribution is -2.37. The maximum atomic E-state index is 12.5. The number of nitrogens with zero attached hydrogens (tertiary/aromatic N) is 1. The number of methoxy groups -OCH3 is 1. The van der Waals surface area contributed by atoms with Gasteiger partial charge in [-0.1, -0.05) is 67.6 Å². The molecule has 0 radical (unpaired) electrons. The number of ether oxygens (including phenoxy) is 2. The Kier molecular flexibility index (Phi) is 7.18. The molecule has 4 aromatic rings. The molecular formula is C33H35NO3. The largest absolute Gasteiger partial charge is 0.486 e. The summed E-state index contributed by atoms with van der Waals surface area (Å²) >= 11 is 0. The predicted molar refractivity (Wildman–Crippen MR) is 151 cm³/mol. The highest BCUT2D eigenvalue weighted by Crippen LogP contribution is 2.41. The van der Waals surface area contributed by atoms with E-state index < -0.39 is 0 Å². The molecule has 2 atom stereocenters. The number of hydrogen-bond donors (Lipinski definition) is 0. The molecule has 0 saturated heterocycles. The summed E-state index contributed by atoms with van der Waals surface area (Å²) in [5.41, 5.74) is 5.98. The third-order valence-electron chi connectivity index (χ3n) is 7.68. The SMILES string of the molecule is COC(=O)c1c(C)ccc(N2CC(CCC[C@H](C)c3cccc4ccccc34)Oc3ccccc32)c1C. The first-order valence-corrected chi connectivity index (χ1v) is 13.2. The molecule has 1 heterocycles. The third-order valence-corrected chi connectivity index (χ3v) is 7.68. The molecule has 5 rings (SSSR count). The van der Waals surface area contributed by atoms with Crippen molar-refractivity contribution in [2.24, 2.45) is 0 Å². The Morgan fingerprint density at radius 1 is 0.973 bits per heavy atom. The number of fused-ring (bicyclic) bond motifs is 2. The van der Waals surface area contributed by atoms with E-state index in [-0.39, 0.29) is 12.1 Å². The van der Waals surface area contributed by atoms with Gasteiger partial charge in [0.25, 0.3) is 0 Å². The van der Waals surface area contributed by atoms with Gasteiger partial charge in [-0.05, 0) is 84.7 Å². The van der Waals surface area contributed by atoms with Crippen LogP contribution in [0, 0.1) is 13.8 Å². The third kappa shape index (κ3) is 4.93. The summed E-state index contributed by atoms with van der Waals surface area (Å²) in [6.45, 7) is 7.03. The Hall–Kier alpha value is -3.79. The van der Waals surface area contributed by atoms with E-state index >= 15 is 0 Å². The van der Waals surface area contributed by atoms with E-state index in [9.17, 15) is 4.79 Å². The van der Waals surface area contributed by atoms with Crippen molar-refractivity contribution in [1.82, 2.24) is 0 Å². The Labute approximate surface area is 219 Å². The molecule has 190 valence electrons. The van der Waals surface area contributed by atoms with Gasteiger partial charge >= 0.3 is 5.97 Å². The fraction of sp³-hybridized carbons (Fsp3) is 0.303. The zero-order valence-corrected chi connectivity index (χ0v) is 22.2. The maximum absolute atomic E-state index is 12.5. The van der Waals surface area contributed by atoms with Gasteiger partial charge in [-0.25, -0.2) is 4.79 Å². The molecular weight excluding hydrogens is 458 g/mol. The Bertz CT molecular complexity index is 1420. The molecule has 0 N–H and O–H groups in total. The predicted octanol–water partition coefficient (Wildman–Crippen LogP) is 8.12. The number of hydrogen-bond acceptors (Lipinski definition) is 4. The second-order valence-electron chi connectivity index (χ2n) is 10.1. The molecule has 1 aliphatic rings. The van der Waals surface area contributed by atoms with Crippen molar-refractivity contribution in [3.05, 3.63) is 101 Å². The van der Waals surface area contributed by atoms with Gasteiger partial charge in [-0.2, -0.15) is 0 Å². The molecule has 0 amide bonds. The number of benzene rings is 4. The van der Waals surface area contributed by atoms with E-state index in [1.165, 1.54) is 23.4 Å². The highest BCUT2D eigenvalue weighted by atomic mass is 16.5. The fourth-order valence-corrected chi connectivity index (χ4v) is 5.71. The number of esters is 1. The van der Waals surface area contributed by atoms with E-state index in [0.717, 1.165) is 54.1 Å². The number of anilines is 2. The topological polar surface area (TPSA) is 38.8 Å². The van der Waals surface area contributed by atoms with Gasteiger partial charge in [0.1, 0.15) is 11.9 Å². The smallest absolute Gasteiger partial charge is 0.338 e. The molecule has 4 heteroatoms. The first kappa shape index (κ1) is 24.9. The highest BCUT2D eigenvalue weighted by molar-refractivity contribution is 5.95. The minimum absolute atomic E-state index is 0.0666. The molecule has 0 fully saturated rings. The van der Waals surface area contributed by atoms with Gasteiger partial charge in [0.2, 0.25) is 0 Å². The van der Waals surface area contributed by atoms with Gasteiger partial charge < -0.3 is 14.4 Å². The molecule has 4 aromatic carbocycles. The van der Waals surface area contributed by atoms with E-state index in [1.807, 2.05) is 38.1 Å². The van der Waals surface area contributed by atoms with Crippen LogP contribution in [0.3, 0.4) is 0 Å². The van der Waals surface area contributed by atoms with Crippen LogP contribution in [-0.4, -0.2) is 25.7 Å². The Balaban J connectivity index is 1.35. The lowest BCUT2D eigenvalue weighted by atomic mass is 9.90. The lowest BCUT2D eigenvalue weighted by Gasteiger charge is -2.37. The van der Waals surface area contributed by atoms with Gasteiger partial charge in [0, 0.05) is 5.69 Å². The molecule has 1 aliphatic heterocycles. The van der Waals surface area contributed by atoms with Gasteiger partial charge in [-0.3, -0.25) is 0 Å². The van der Waals surface area contributed by atoms with Crippen LogP contribution in [0.15, 0.2) is 78.9 Å². The van der Waals surface area contributed by atoms with E-state index in [2.05, 4.69) is 66.4 Å². The van der Waals surface area contributed by atoms with Crippen molar-refractivity contribution in [3.8, 4) is 5.75 Å². The zero-order valence-electron chi connectivity index (χ0n) is 22.2. The summed E-state index contributed by atoms with van der Waals surface area (Å²) < 4.78 is 11.6.